The van der Waals surface area contributed by atoms with E-state index in [9.17, 15) is 9.59 Å². The first kappa shape index (κ1) is 10.2. The quantitative estimate of drug-likeness (QED) is 0.536. The van der Waals surface area contributed by atoms with E-state index in [2.05, 4.69) is 0 Å². The minimum absolute atomic E-state index is 0.502. The molecule has 0 atom stereocenters. The number of allylic oxidation sites excluding steroid dienone is 1. The molecule has 0 heterocycles. The van der Waals surface area contributed by atoms with Gasteiger partial charge in [-0.05, 0) is 23.8 Å². The van der Waals surface area contributed by atoms with Gasteiger partial charge in [-0.15, -0.1) is 0 Å². The van der Waals surface area contributed by atoms with Crippen molar-refractivity contribution in [3.8, 4) is 5.75 Å². The van der Waals surface area contributed by atoms with E-state index in [1.54, 1.807) is 24.3 Å². The topological polar surface area (TPSA) is 43.4 Å². The van der Waals surface area contributed by atoms with Gasteiger partial charge >= 0.3 is 0 Å². The largest absolute Gasteiger partial charge is 0.497 e. The highest BCUT2D eigenvalue weighted by molar-refractivity contribution is 5.85. The van der Waals surface area contributed by atoms with E-state index in [1.165, 1.54) is 13.2 Å². The third kappa shape index (κ3) is 2.29. The summed E-state index contributed by atoms with van der Waals surface area (Å²) in [4.78, 5) is 20.8. The van der Waals surface area contributed by atoms with Crippen molar-refractivity contribution in [2.75, 3.05) is 7.11 Å². The lowest BCUT2D eigenvalue weighted by Gasteiger charge is -2.02. The maximum atomic E-state index is 10.7. The van der Waals surface area contributed by atoms with Crippen molar-refractivity contribution in [1.82, 2.24) is 0 Å². The highest BCUT2D eigenvalue weighted by Crippen LogP contribution is 2.17. The average molecular weight is 190 g/mol. The zero-order valence-electron chi connectivity index (χ0n) is 7.77. The molecule has 0 N–H and O–H groups in total. The van der Waals surface area contributed by atoms with Gasteiger partial charge < -0.3 is 4.74 Å². The summed E-state index contributed by atoms with van der Waals surface area (Å²) in [5.74, 6) is 0.621. The van der Waals surface area contributed by atoms with Crippen molar-refractivity contribution in [3.63, 3.8) is 0 Å². The van der Waals surface area contributed by atoms with Gasteiger partial charge in [-0.3, -0.25) is 9.59 Å². The van der Waals surface area contributed by atoms with Gasteiger partial charge in [0.05, 0.1) is 7.11 Å². The Hall–Kier alpha value is -1.90. The number of benzene rings is 1. The molecular formula is C11H10O3. The molecule has 0 saturated carbocycles. The van der Waals surface area contributed by atoms with Gasteiger partial charge in [0.2, 0.25) is 0 Å². The number of rotatable bonds is 4. The summed E-state index contributed by atoms with van der Waals surface area (Å²) in [7, 11) is 1.53. The van der Waals surface area contributed by atoms with Crippen LogP contribution in [0.1, 0.15) is 15.9 Å². The van der Waals surface area contributed by atoms with E-state index >= 15 is 0 Å². The number of hydrogen-bond donors (Lipinski definition) is 0. The molecule has 1 aromatic rings. The van der Waals surface area contributed by atoms with Gasteiger partial charge in [0.1, 0.15) is 12.0 Å². The van der Waals surface area contributed by atoms with Gasteiger partial charge in [-0.2, -0.15) is 0 Å². The Morgan fingerprint density at radius 1 is 1.21 bits per heavy atom. The fourth-order valence-corrected chi connectivity index (χ4v) is 1.08. The predicted octanol–water partition coefficient (Wildman–Crippen LogP) is 1.72. The fourth-order valence-electron chi connectivity index (χ4n) is 1.08. The molecule has 0 saturated heterocycles. The van der Waals surface area contributed by atoms with E-state index in [0.717, 1.165) is 6.29 Å². The Morgan fingerprint density at radius 2 is 2.00 bits per heavy atom. The number of carbonyl (C=O) groups excluding carboxylic acids is 2. The normalized spacial score (nSPS) is 10.1. The average Bonchev–Trinajstić information content (AvgIpc) is 2.26. The second-order valence-corrected chi connectivity index (χ2v) is 2.61. The Balaban J connectivity index is 3.10. The standard InChI is InChI=1S/C11H10O3/c1-14-11-5-4-9(3-2-6-12)10(7-11)8-13/h2-8H,1H3/b3-2+. The Labute approximate surface area is 82.0 Å². The van der Waals surface area contributed by atoms with E-state index in [-0.39, 0.29) is 0 Å². The van der Waals surface area contributed by atoms with Gasteiger partial charge in [-0.1, -0.05) is 12.1 Å². The number of aldehydes is 2. The van der Waals surface area contributed by atoms with Crippen molar-refractivity contribution in [3.05, 3.63) is 35.4 Å². The van der Waals surface area contributed by atoms with E-state index in [4.69, 9.17) is 4.74 Å². The van der Waals surface area contributed by atoms with Gasteiger partial charge in [0, 0.05) is 5.56 Å². The lowest BCUT2D eigenvalue weighted by atomic mass is 10.1. The third-order valence-corrected chi connectivity index (χ3v) is 1.78. The molecule has 0 radical (unpaired) electrons. The molecule has 0 aliphatic heterocycles. The molecular weight excluding hydrogens is 180 g/mol. The van der Waals surface area contributed by atoms with Crippen molar-refractivity contribution >= 4 is 18.6 Å². The number of methoxy groups -OCH3 is 1. The molecule has 0 aliphatic rings. The van der Waals surface area contributed by atoms with Crippen LogP contribution in [-0.2, 0) is 4.79 Å². The fraction of sp³-hybridized carbons (Fsp3) is 0.0909. The van der Waals surface area contributed by atoms with Crippen LogP contribution in [0.3, 0.4) is 0 Å². The minimum Gasteiger partial charge on any atom is -0.497 e. The molecule has 0 bridgehead atoms. The highest BCUT2D eigenvalue weighted by Gasteiger charge is 1.99. The van der Waals surface area contributed by atoms with Crippen LogP contribution in [-0.4, -0.2) is 19.7 Å². The van der Waals surface area contributed by atoms with Crippen LogP contribution >= 0.6 is 0 Å². The van der Waals surface area contributed by atoms with Crippen molar-refractivity contribution in [2.45, 2.75) is 0 Å². The van der Waals surface area contributed by atoms with Crippen molar-refractivity contribution < 1.29 is 14.3 Å². The van der Waals surface area contributed by atoms with Crippen LogP contribution in [0, 0.1) is 0 Å². The van der Waals surface area contributed by atoms with Gasteiger partial charge in [-0.25, -0.2) is 0 Å². The number of carbonyl (C=O) groups is 2. The second-order valence-electron chi connectivity index (χ2n) is 2.61. The summed E-state index contributed by atoms with van der Waals surface area (Å²) in [6, 6.07) is 5.08. The summed E-state index contributed by atoms with van der Waals surface area (Å²) >= 11 is 0. The number of hydrogen-bond acceptors (Lipinski definition) is 3. The summed E-state index contributed by atoms with van der Waals surface area (Å²) in [6.07, 6.45) is 4.32. The Kier molecular flexibility index (Phi) is 3.61. The van der Waals surface area contributed by atoms with Gasteiger partial charge in [0.25, 0.3) is 0 Å². The molecule has 0 unspecified atom stereocenters. The molecule has 3 heteroatoms. The zero-order chi connectivity index (χ0) is 10.4. The molecule has 0 aromatic heterocycles. The minimum atomic E-state index is 0.502. The first-order valence-electron chi connectivity index (χ1n) is 4.07. The monoisotopic (exact) mass is 190 g/mol. The molecule has 1 rings (SSSR count). The first-order valence-corrected chi connectivity index (χ1v) is 4.07. The van der Waals surface area contributed by atoms with Crippen LogP contribution in [0.15, 0.2) is 24.3 Å². The summed E-state index contributed by atoms with van der Waals surface area (Å²) in [5, 5.41) is 0. The van der Waals surface area contributed by atoms with Crippen molar-refractivity contribution in [2.24, 2.45) is 0 Å². The SMILES string of the molecule is COc1ccc(/C=C/C=O)c(C=O)c1. The van der Waals surface area contributed by atoms with Crippen molar-refractivity contribution in [1.29, 1.82) is 0 Å². The van der Waals surface area contributed by atoms with Crippen LogP contribution < -0.4 is 4.74 Å². The van der Waals surface area contributed by atoms with Crippen LogP contribution in [0.5, 0.6) is 5.75 Å². The van der Waals surface area contributed by atoms with E-state index in [1.807, 2.05) is 0 Å². The van der Waals surface area contributed by atoms with Gasteiger partial charge in [0.15, 0.2) is 6.29 Å². The second kappa shape index (κ2) is 4.97. The molecule has 1 aromatic carbocycles. The summed E-state index contributed by atoms with van der Waals surface area (Å²) in [6.45, 7) is 0. The lowest BCUT2D eigenvalue weighted by molar-refractivity contribution is -0.104. The molecule has 0 amide bonds. The first-order chi connectivity index (χ1) is 6.81. The highest BCUT2D eigenvalue weighted by atomic mass is 16.5. The zero-order valence-corrected chi connectivity index (χ0v) is 7.77. The molecule has 0 fully saturated rings. The van der Waals surface area contributed by atoms with Crippen LogP contribution in [0.4, 0.5) is 0 Å². The molecule has 0 aliphatic carbocycles. The number of ether oxygens (including phenoxy) is 1. The third-order valence-electron chi connectivity index (χ3n) is 1.78. The molecule has 14 heavy (non-hydrogen) atoms. The van der Waals surface area contributed by atoms with Crippen LogP contribution in [0.2, 0.25) is 0 Å². The summed E-state index contributed by atoms with van der Waals surface area (Å²) in [5.41, 5.74) is 1.20. The molecule has 0 spiro atoms. The Bertz CT molecular complexity index is 367. The lowest BCUT2D eigenvalue weighted by Crippen LogP contribution is -1.89. The van der Waals surface area contributed by atoms with E-state index < -0.39 is 0 Å². The maximum absolute atomic E-state index is 10.7. The van der Waals surface area contributed by atoms with Crippen LogP contribution in [0.25, 0.3) is 6.08 Å². The molecule has 72 valence electrons. The Morgan fingerprint density at radius 3 is 2.57 bits per heavy atom. The maximum Gasteiger partial charge on any atom is 0.150 e. The smallest absolute Gasteiger partial charge is 0.150 e. The predicted molar refractivity (Wildman–Crippen MR) is 53.5 cm³/mol. The summed E-state index contributed by atoms with van der Waals surface area (Å²) < 4.78 is 4.96. The molecule has 3 nitrogen and oxygen atoms in total. The van der Waals surface area contributed by atoms with E-state index in [0.29, 0.717) is 23.2 Å².